The molecule has 0 saturated carbocycles. The minimum absolute atomic E-state index is 0.526. The second-order valence-electron chi connectivity index (χ2n) is 4.91. The van der Waals surface area contributed by atoms with Gasteiger partial charge in [-0.25, -0.2) is 4.68 Å². The van der Waals surface area contributed by atoms with Crippen molar-refractivity contribution in [3.63, 3.8) is 0 Å². The minimum Gasteiger partial charge on any atom is -0.489 e. The summed E-state index contributed by atoms with van der Waals surface area (Å²) in [4.78, 5) is 0. The topological polar surface area (TPSA) is 27.1 Å². The molecule has 0 aliphatic heterocycles. The first kappa shape index (κ1) is 13.4. The van der Waals surface area contributed by atoms with Crippen LogP contribution >= 0.6 is 0 Å². The van der Waals surface area contributed by atoms with Crippen LogP contribution in [0, 0.1) is 0 Å². The Bertz CT molecular complexity index is 687. The fourth-order valence-electron chi connectivity index (χ4n) is 2.14. The largest absolute Gasteiger partial charge is 0.489 e. The van der Waals surface area contributed by atoms with Crippen molar-refractivity contribution >= 4 is 0 Å². The van der Waals surface area contributed by atoms with Crippen LogP contribution in [0.25, 0.3) is 5.69 Å². The second kappa shape index (κ2) is 6.27. The van der Waals surface area contributed by atoms with E-state index in [1.807, 2.05) is 59.5 Å². The Kier molecular flexibility index (Phi) is 4.01. The van der Waals surface area contributed by atoms with Gasteiger partial charge in [-0.3, -0.25) is 0 Å². The van der Waals surface area contributed by atoms with Crippen LogP contribution in [0.15, 0.2) is 67.0 Å². The lowest BCUT2D eigenvalue weighted by Gasteiger charge is -2.05. The SMILES string of the molecule is CCc1ccc(OCc2cnn(-c3ccccc3)c2)cc1. The van der Waals surface area contributed by atoms with Crippen molar-refractivity contribution in [3.8, 4) is 11.4 Å². The average molecular weight is 278 g/mol. The summed E-state index contributed by atoms with van der Waals surface area (Å²) in [5.41, 5.74) is 3.42. The Labute approximate surface area is 124 Å². The number of hydrogen-bond acceptors (Lipinski definition) is 2. The van der Waals surface area contributed by atoms with E-state index in [1.165, 1.54) is 5.56 Å². The van der Waals surface area contributed by atoms with Crippen LogP contribution in [0.4, 0.5) is 0 Å². The van der Waals surface area contributed by atoms with E-state index in [4.69, 9.17) is 4.74 Å². The van der Waals surface area contributed by atoms with Crippen LogP contribution in [0.1, 0.15) is 18.1 Å². The monoisotopic (exact) mass is 278 g/mol. The summed E-state index contributed by atoms with van der Waals surface area (Å²) in [6, 6.07) is 18.3. The molecule has 21 heavy (non-hydrogen) atoms. The van der Waals surface area contributed by atoms with E-state index in [2.05, 4.69) is 24.2 Å². The van der Waals surface area contributed by atoms with Gasteiger partial charge in [-0.05, 0) is 36.2 Å². The lowest BCUT2D eigenvalue weighted by atomic mass is 10.2. The maximum atomic E-state index is 5.79. The molecule has 0 amide bonds. The zero-order valence-electron chi connectivity index (χ0n) is 12.1. The number of nitrogens with zero attached hydrogens (tertiary/aromatic N) is 2. The van der Waals surface area contributed by atoms with Gasteiger partial charge in [0.2, 0.25) is 0 Å². The molecule has 0 unspecified atom stereocenters. The van der Waals surface area contributed by atoms with E-state index in [0.717, 1.165) is 23.4 Å². The third-order valence-corrected chi connectivity index (χ3v) is 3.39. The smallest absolute Gasteiger partial charge is 0.119 e. The minimum atomic E-state index is 0.526. The number of aromatic nitrogens is 2. The van der Waals surface area contributed by atoms with E-state index in [-0.39, 0.29) is 0 Å². The maximum Gasteiger partial charge on any atom is 0.119 e. The molecular weight excluding hydrogens is 260 g/mol. The molecule has 0 spiro atoms. The van der Waals surface area contributed by atoms with Crippen molar-refractivity contribution in [3.05, 3.63) is 78.1 Å². The Morgan fingerprint density at radius 2 is 1.71 bits per heavy atom. The molecule has 1 aromatic heterocycles. The van der Waals surface area contributed by atoms with Crippen LogP contribution in [0.5, 0.6) is 5.75 Å². The van der Waals surface area contributed by atoms with Crippen LogP contribution < -0.4 is 4.74 Å². The lowest BCUT2D eigenvalue weighted by molar-refractivity contribution is 0.306. The van der Waals surface area contributed by atoms with Crippen LogP contribution in [-0.4, -0.2) is 9.78 Å². The molecule has 3 heteroatoms. The number of rotatable bonds is 5. The Morgan fingerprint density at radius 1 is 0.952 bits per heavy atom. The summed E-state index contributed by atoms with van der Waals surface area (Å²) < 4.78 is 7.65. The van der Waals surface area contributed by atoms with Gasteiger partial charge in [0.05, 0.1) is 11.9 Å². The van der Waals surface area contributed by atoms with Gasteiger partial charge < -0.3 is 4.74 Å². The third kappa shape index (κ3) is 3.31. The molecule has 3 nitrogen and oxygen atoms in total. The molecule has 0 fully saturated rings. The molecule has 0 aliphatic rings. The standard InChI is InChI=1S/C18H18N2O/c1-2-15-8-10-18(11-9-15)21-14-16-12-19-20(13-16)17-6-4-3-5-7-17/h3-13H,2,14H2,1H3. The van der Waals surface area contributed by atoms with Gasteiger partial charge in [-0.1, -0.05) is 37.3 Å². The molecule has 0 N–H and O–H groups in total. The fourth-order valence-corrected chi connectivity index (χ4v) is 2.14. The highest BCUT2D eigenvalue weighted by atomic mass is 16.5. The van der Waals surface area contributed by atoms with Gasteiger partial charge >= 0.3 is 0 Å². The van der Waals surface area contributed by atoms with Crippen molar-refractivity contribution in [2.45, 2.75) is 20.0 Å². The molecule has 0 aliphatic carbocycles. The van der Waals surface area contributed by atoms with Gasteiger partial charge in [-0.2, -0.15) is 5.10 Å². The Morgan fingerprint density at radius 3 is 2.43 bits per heavy atom. The van der Waals surface area contributed by atoms with E-state index in [1.54, 1.807) is 0 Å². The lowest BCUT2D eigenvalue weighted by Crippen LogP contribution is -1.95. The van der Waals surface area contributed by atoms with Crippen molar-refractivity contribution in [2.24, 2.45) is 0 Å². The summed E-state index contributed by atoms with van der Waals surface area (Å²) in [6.07, 6.45) is 4.88. The highest BCUT2D eigenvalue weighted by Crippen LogP contribution is 2.15. The summed E-state index contributed by atoms with van der Waals surface area (Å²) >= 11 is 0. The normalized spacial score (nSPS) is 10.5. The molecule has 106 valence electrons. The van der Waals surface area contributed by atoms with Gasteiger partial charge in [0.15, 0.2) is 0 Å². The second-order valence-corrected chi connectivity index (χ2v) is 4.91. The average Bonchev–Trinajstić information content (AvgIpc) is 3.03. The van der Waals surface area contributed by atoms with Gasteiger partial charge in [0, 0.05) is 11.8 Å². The zero-order valence-corrected chi connectivity index (χ0v) is 12.1. The first-order valence-electron chi connectivity index (χ1n) is 7.16. The van der Waals surface area contributed by atoms with E-state index in [0.29, 0.717) is 6.61 Å². The Hall–Kier alpha value is -2.55. The molecule has 2 aromatic carbocycles. The number of para-hydroxylation sites is 1. The van der Waals surface area contributed by atoms with Gasteiger partial charge in [0.25, 0.3) is 0 Å². The number of aryl methyl sites for hydroxylation is 1. The fraction of sp³-hybridized carbons (Fsp3) is 0.167. The molecule has 1 heterocycles. The molecule has 0 atom stereocenters. The first-order valence-corrected chi connectivity index (χ1v) is 7.16. The highest BCUT2D eigenvalue weighted by Gasteiger charge is 2.02. The zero-order chi connectivity index (χ0) is 14.5. The van der Waals surface area contributed by atoms with E-state index >= 15 is 0 Å². The van der Waals surface area contributed by atoms with Crippen LogP contribution in [-0.2, 0) is 13.0 Å². The number of benzene rings is 2. The van der Waals surface area contributed by atoms with E-state index in [9.17, 15) is 0 Å². The molecular formula is C18H18N2O. The highest BCUT2D eigenvalue weighted by molar-refractivity contribution is 5.31. The van der Waals surface area contributed by atoms with Crippen molar-refractivity contribution < 1.29 is 4.74 Å². The number of hydrogen-bond donors (Lipinski definition) is 0. The quantitative estimate of drug-likeness (QED) is 0.705. The van der Waals surface area contributed by atoms with Gasteiger partial charge in [-0.15, -0.1) is 0 Å². The summed E-state index contributed by atoms with van der Waals surface area (Å²) in [5.74, 6) is 0.889. The maximum absolute atomic E-state index is 5.79. The molecule has 3 aromatic rings. The number of ether oxygens (including phenoxy) is 1. The summed E-state index contributed by atoms with van der Waals surface area (Å²) in [6.45, 7) is 2.67. The van der Waals surface area contributed by atoms with Crippen molar-refractivity contribution in [1.29, 1.82) is 0 Å². The first-order chi connectivity index (χ1) is 10.3. The molecule has 0 radical (unpaired) electrons. The summed E-state index contributed by atoms with van der Waals surface area (Å²) in [7, 11) is 0. The predicted octanol–water partition coefficient (Wildman–Crippen LogP) is 4.01. The van der Waals surface area contributed by atoms with Crippen LogP contribution in [0.3, 0.4) is 0 Å². The van der Waals surface area contributed by atoms with E-state index < -0.39 is 0 Å². The summed E-state index contributed by atoms with van der Waals surface area (Å²) in [5, 5.41) is 4.36. The molecule has 0 saturated heterocycles. The van der Waals surface area contributed by atoms with Gasteiger partial charge in [0.1, 0.15) is 12.4 Å². The Balaban J connectivity index is 1.64. The molecule has 3 rings (SSSR count). The molecule has 0 bridgehead atoms. The van der Waals surface area contributed by atoms with Crippen LogP contribution in [0.2, 0.25) is 0 Å². The van der Waals surface area contributed by atoms with Crippen molar-refractivity contribution in [1.82, 2.24) is 9.78 Å². The van der Waals surface area contributed by atoms with Crippen molar-refractivity contribution in [2.75, 3.05) is 0 Å². The predicted molar refractivity (Wildman–Crippen MR) is 83.7 cm³/mol. The third-order valence-electron chi connectivity index (χ3n) is 3.39.